The van der Waals surface area contributed by atoms with Crippen LogP contribution in [-0.4, -0.2) is 19.2 Å². The number of halogens is 2. The predicted octanol–water partition coefficient (Wildman–Crippen LogP) is 1.80. The van der Waals surface area contributed by atoms with Gasteiger partial charge in [-0.05, 0) is 24.6 Å². The van der Waals surface area contributed by atoms with Crippen molar-refractivity contribution in [2.75, 3.05) is 6.61 Å². The van der Waals surface area contributed by atoms with E-state index in [9.17, 15) is 13.6 Å². The van der Waals surface area contributed by atoms with E-state index in [0.29, 0.717) is 0 Å². The minimum absolute atomic E-state index is 0.0111. The van der Waals surface area contributed by atoms with Gasteiger partial charge in [-0.2, -0.15) is 14.0 Å². The number of benzene rings is 1. The number of nitrogens with two attached hydrogens (primary N) is 1. The molecule has 0 saturated carbocycles. The molecule has 0 heterocycles. The summed E-state index contributed by atoms with van der Waals surface area (Å²) >= 11 is 0. The first kappa shape index (κ1) is 14.9. The molecule has 1 rings (SSSR count). The molecule has 0 amide bonds. The van der Waals surface area contributed by atoms with E-state index in [2.05, 4.69) is 4.74 Å². The fraction of sp³-hybridized carbons (Fsp3) is 0.333. The Morgan fingerprint density at radius 1 is 1.53 bits per heavy atom. The number of esters is 1. The van der Waals surface area contributed by atoms with Crippen molar-refractivity contribution in [1.29, 1.82) is 5.26 Å². The van der Waals surface area contributed by atoms with Gasteiger partial charge in [-0.1, -0.05) is 0 Å². The lowest BCUT2D eigenvalue weighted by Gasteiger charge is -2.12. The summed E-state index contributed by atoms with van der Waals surface area (Å²) in [7, 11) is 0. The number of hydrogen-bond acceptors (Lipinski definition) is 5. The number of nitriles is 1. The average Bonchev–Trinajstić information content (AvgIpc) is 2.37. The van der Waals surface area contributed by atoms with Gasteiger partial charge in [0, 0.05) is 6.54 Å². The van der Waals surface area contributed by atoms with Crippen molar-refractivity contribution in [3.8, 4) is 11.8 Å². The fourth-order valence-electron chi connectivity index (χ4n) is 1.48. The van der Waals surface area contributed by atoms with E-state index in [1.165, 1.54) is 6.07 Å². The molecule has 0 bridgehead atoms. The van der Waals surface area contributed by atoms with Crippen molar-refractivity contribution in [2.24, 2.45) is 5.73 Å². The van der Waals surface area contributed by atoms with E-state index >= 15 is 0 Å². The highest BCUT2D eigenvalue weighted by molar-refractivity contribution is 5.90. The average molecular weight is 270 g/mol. The zero-order valence-corrected chi connectivity index (χ0v) is 10.2. The first-order chi connectivity index (χ1) is 9.03. The van der Waals surface area contributed by atoms with Gasteiger partial charge in [0.2, 0.25) is 0 Å². The Balaban J connectivity index is 3.30. The normalized spacial score (nSPS) is 10.1. The number of nitrogens with zero attached hydrogens (tertiary/aromatic N) is 1. The Morgan fingerprint density at radius 2 is 2.21 bits per heavy atom. The van der Waals surface area contributed by atoms with Crippen molar-refractivity contribution in [2.45, 2.75) is 20.1 Å². The number of hydrogen-bond donors (Lipinski definition) is 1. The number of alkyl halides is 2. The Kier molecular flexibility index (Phi) is 5.21. The zero-order chi connectivity index (χ0) is 14.4. The Labute approximate surface area is 108 Å². The van der Waals surface area contributed by atoms with Gasteiger partial charge >= 0.3 is 12.6 Å². The highest BCUT2D eigenvalue weighted by Gasteiger charge is 2.18. The molecule has 0 unspecified atom stereocenters. The number of carbonyl (C=O) groups excluding carboxylic acids is 1. The maximum absolute atomic E-state index is 12.3. The molecule has 0 radical (unpaired) electrons. The molecule has 0 spiro atoms. The van der Waals surface area contributed by atoms with Crippen molar-refractivity contribution in [1.82, 2.24) is 0 Å². The van der Waals surface area contributed by atoms with Crippen LogP contribution in [0.3, 0.4) is 0 Å². The second kappa shape index (κ2) is 6.66. The smallest absolute Gasteiger partial charge is 0.387 e. The monoisotopic (exact) mass is 270 g/mol. The van der Waals surface area contributed by atoms with Crippen LogP contribution >= 0.6 is 0 Å². The van der Waals surface area contributed by atoms with Crippen molar-refractivity contribution >= 4 is 5.97 Å². The van der Waals surface area contributed by atoms with Crippen molar-refractivity contribution < 1.29 is 23.0 Å². The fourth-order valence-corrected chi connectivity index (χ4v) is 1.48. The molecule has 0 aliphatic heterocycles. The molecule has 0 aromatic heterocycles. The molecular formula is C12H12F2N2O3. The van der Waals surface area contributed by atoms with Crippen LogP contribution in [0.5, 0.6) is 5.75 Å². The van der Waals surface area contributed by atoms with Crippen LogP contribution in [0.25, 0.3) is 0 Å². The summed E-state index contributed by atoms with van der Waals surface area (Å²) in [6.45, 7) is -1.44. The third-order valence-electron chi connectivity index (χ3n) is 2.24. The largest absolute Gasteiger partial charge is 0.462 e. The maximum Gasteiger partial charge on any atom is 0.387 e. The summed E-state index contributed by atoms with van der Waals surface area (Å²) in [5, 5.41) is 8.93. The molecule has 5 nitrogen and oxygen atoms in total. The molecule has 0 aliphatic rings. The minimum atomic E-state index is -3.10. The predicted molar refractivity (Wildman–Crippen MR) is 61.6 cm³/mol. The highest BCUT2D eigenvalue weighted by Crippen LogP contribution is 2.26. The molecule has 0 atom stereocenters. The summed E-state index contributed by atoms with van der Waals surface area (Å²) in [4.78, 5) is 11.6. The van der Waals surface area contributed by atoms with E-state index in [0.717, 1.165) is 6.07 Å². The lowest BCUT2D eigenvalue weighted by Crippen LogP contribution is -2.11. The SMILES string of the molecule is CCOC(=O)c1cc(CN)c(C#N)c(OC(F)F)c1. The maximum atomic E-state index is 12.3. The topological polar surface area (TPSA) is 85.3 Å². The van der Waals surface area contributed by atoms with Gasteiger partial charge in [-0.25, -0.2) is 4.79 Å². The van der Waals surface area contributed by atoms with E-state index < -0.39 is 12.6 Å². The van der Waals surface area contributed by atoms with Gasteiger partial charge in [-0.15, -0.1) is 0 Å². The van der Waals surface area contributed by atoms with Gasteiger partial charge in [0.05, 0.1) is 17.7 Å². The standard InChI is InChI=1S/C12H12F2N2O3/c1-2-18-11(17)7-3-8(5-15)9(6-16)10(4-7)19-12(13)14/h3-4,12H,2,5,15H2,1H3. The van der Waals surface area contributed by atoms with E-state index in [4.69, 9.17) is 15.7 Å². The summed E-state index contributed by atoms with van der Waals surface area (Å²) in [5.74, 6) is -1.08. The molecular weight excluding hydrogens is 258 g/mol. The number of carbonyl (C=O) groups is 1. The Morgan fingerprint density at radius 3 is 2.68 bits per heavy atom. The van der Waals surface area contributed by atoms with Crippen LogP contribution in [0.1, 0.15) is 28.4 Å². The minimum Gasteiger partial charge on any atom is -0.462 e. The van der Waals surface area contributed by atoms with E-state index in [-0.39, 0.29) is 35.6 Å². The molecule has 19 heavy (non-hydrogen) atoms. The van der Waals surface area contributed by atoms with Crippen LogP contribution in [0, 0.1) is 11.3 Å². The van der Waals surface area contributed by atoms with Gasteiger partial charge < -0.3 is 15.2 Å². The summed E-state index contributed by atoms with van der Waals surface area (Å²) in [6, 6.07) is 4.10. The molecule has 0 saturated heterocycles. The van der Waals surface area contributed by atoms with Gasteiger partial charge in [0.15, 0.2) is 0 Å². The number of ether oxygens (including phenoxy) is 2. The first-order valence-corrected chi connectivity index (χ1v) is 5.42. The lowest BCUT2D eigenvalue weighted by molar-refractivity contribution is -0.0501. The van der Waals surface area contributed by atoms with Gasteiger partial charge in [-0.3, -0.25) is 0 Å². The summed E-state index contributed by atoms with van der Waals surface area (Å²) in [5.41, 5.74) is 5.56. The molecule has 1 aromatic rings. The Bertz CT molecular complexity index is 512. The molecule has 2 N–H and O–H groups in total. The second-order valence-electron chi connectivity index (χ2n) is 3.42. The molecule has 1 aromatic carbocycles. The summed E-state index contributed by atoms with van der Waals surface area (Å²) < 4.78 is 33.5. The van der Waals surface area contributed by atoms with Crippen LogP contribution in [0.4, 0.5) is 8.78 Å². The van der Waals surface area contributed by atoms with Crippen LogP contribution in [0.2, 0.25) is 0 Å². The molecule has 7 heteroatoms. The van der Waals surface area contributed by atoms with Gasteiger partial charge in [0.25, 0.3) is 0 Å². The van der Waals surface area contributed by atoms with Crippen molar-refractivity contribution in [3.05, 3.63) is 28.8 Å². The van der Waals surface area contributed by atoms with Crippen LogP contribution in [0.15, 0.2) is 12.1 Å². The molecule has 102 valence electrons. The highest BCUT2D eigenvalue weighted by atomic mass is 19.3. The quantitative estimate of drug-likeness (QED) is 0.824. The summed E-state index contributed by atoms with van der Waals surface area (Å²) in [6.07, 6.45) is 0. The molecule has 0 aliphatic carbocycles. The van der Waals surface area contributed by atoms with Crippen molar-refractivity contribution in [3.63, 3.8) is 0 Å². The van der Waals surface area contributed by atoms with Crippen LogP contribution < -0.4 is 10.5 Å². The third kappa shape index (κ3) is 3.63. The Hall–Kier alpha value is -2.20. The first-order valence-electron chi connectivity index (χ1n) is 5.42. The van der Waals surface area contributed by atoms with E-state index in [1.807, 2.05) is 0 Å². The second-order valence-corrected chi connectivity index (χ2v) is 3.42. The third-order valence-corrected chi connectivity index (χ3v) is 2.24. The van der Waals surface area contributed by atoms with Crippen LogP contribution in [-0.2, 0) is 11.3 Å². The number of rotatable bonds is 5. The molecule has 0 fully saturated rings. The zero-order valence-electron chi connectivity index (χ0n) is 10.2. The van der Waals surface area contributed by atoms with E-state index in [1.54, 1.807) is 13.0 Å². The van der Waals surface area contributed by atoms with Gasteiger partial charge in [0.1, 0.15) is 11.8 Å². The lowest BCUT2D eigenvalue weighted by atomic mass is 10.0.